The molecule has 0 spiro atoms. The SMILES string of the molecule is CC1(C)CC[C@]2(C(=O)O)[C@@H](O)C[C@]3(C)C(=CC[C@@H]4[C@@]5(C)C=CC(=O)C(C)(C)[C@@H]5CC[C@]43C)[C@@H]2C1. The molecule has 0 unspecified atom stereocenters. The molecule has 0 aromatic carbocycles. The fourth-order valence-electron chi connectivity index (χ4n) is 10.0. The van der Waals surface area contributed by atoms with Gasteiger partial charge in [-0.15, -0.1) is 0 Å². The van der Waals surface area contributed by atoms with Gasteiger partial charge in [0.1, 0.15) is 5.41 Å². The van der Waals surface area contributed by atoms with Crippen LogP contribution in [0.3, 0.4) is 0 Å². The number of carbonyl (C=O) groups excluding carboxylic acids is 1. The van der Waals surface area contributed by atoms with Gasteiger partial charge in [0.25, 0.3) is 0 Å². The number of aliphatic carboxylic acids is 1. The van der Waals surface area contributed by atoms with Crippen LogP contribution in [0.1, 0.15) is 93.4 Å². The van der Waals surface area contributed by atoms with Crippen molar-refractivity contribution in [3.63, 3.8) is 0 Å². The van der Waals surface area contributed by atoms with Gasteiger partial charge in [0.2, 0.25) is 0 Å². The minimum atomic E-state index is -1.07. The predicted octanol–water partition coefficient (Wildman–Crippen LogP) is 6.19. The van der Waals surface area contributed by atoms with E-state index in [-0.39, 0.29) is 38.8 Å². The van der Waals surface area contributed by atoms with E-state index in [0.717, 1.165) is 32.1 Å². The Bertz CT molecular complexity index is 1000. The van der Waals surface area contributed by atoms with E-state index >= 15 is 0 Å². The van der Waals surface area contributed by atoms with E-state index in [1.54, 1.807) is 0 Å². The molecule has 0 radical (unpaired) electrons. The number of aliphatic hydroxyl groups is 1. The molecule has 0 aromatic rings. The summed E-state index contributed by atoms with van der Waals surface area (Å²) in [6.07, 6.45) is 11.2. The van der Waals surface area contributed by atoms with E-state index < -0.39 is 17.5 Å². The van der Waals surface area contributed by atoms with Crippen LogP contribution in [-0.4, -0.2) is 28.1 Å². The summed E-state index contributed by atoms with van der Waals surface area (Å²) in [6.45, 7) is 15.8. The van der Waals surface area contributed by atoms with Gasteiger partial charge in [-0.25, -0.2) is 0 Å². The van der Waals surface area contributed by atoms with Gasteiger partial charge in [0.05, 0.1) is 6.10 Å². The number of carboxylic acid groups (broad SMARTS) is 1. The van der Waals surface area contributed by atoms with E-state index in [0.29, 0.717) is 24.7 Å². The number of aliphatic hydroxyl groups excluding tert-OH is 1. The lowest BCUT2D eigenvalue weighted by Crippen LogP contribution is -2.66. The molecule has 3 saturated carbocycles. The molecule has 0 bridgehead atoms. The standard InChI is InChI=1S/C30H44O4/c1-25(2)14-15-30(24(33)34)19(16-25)18-8-9-21-27(5)12-11-22(31)26(3,4)20(27)10-13-28(21,6)29(18,7)17-23(30)32/h8,11-12,19-21,23,32H,9-10,13-17H2,1-7H3,(H,33,34)/t19-,20-,21+,23-,27-,28+,29+,30+/m0/s1. The van der Waals surface area contributed by atoms with Crippen LogP contribution in [-0.2, 0) is 9.59 Å². The summed E-state index contributed by atoms with van der Waals surface area (Å²) in [5.74, 6) is -0.0418. The zero-order chi connectivity index (χ0) is 25.1. The van der Waals surface area contributed by atoms with Crippen LogP contribution < -0.4 is 0 Å². The van der Waals surface area contributed by atoms with Crippen molar-refractivity contribution in [1.82, 2.24) is 0 Å². The molecule has 0 aromatic heterocycles. The molecule has 5 rings (SSSR count). The summed E-state index contributed by atoms with van der Waals surface area (Å²) in [5, 5.41) is 22.1. The largest absolute Gasteiger partial charge is 0.481 e. The number of carbonyl (C=O) groups is 2. The molecule has 2 N–H and O–H groups in total. The zero-order valence-electron chi connectivity index (χ0n) is 22.2. The van der Waals surface area contributed by atoms with Crippen LogP contribution in [0.5, 0.6) is 0 Å². The molecule has 5 aliphatic rings. The topological polar surface area (TPSA) is 74.6 Å². The molecular formula is C30H44O4. The first-order valence-electron chi connectivity index (χ1n) is 13.4. The van der Waals surface area contributed by atoms with Crippen LogP contribution in [0.15, 0.2) is 23.8 Å². The van der Waals surface area contributed by atoms with Gasteiger partial charge in [-0.2, -0.15) is 0 Å². The fraction of sp³-hybridized carbons (Fsp3) is 0.800. The molecular weight excluding hydrogens is 424 g/mol. The van der Waals surface area contributed by atoms with E-state index in [1.165, 1.54) is 5.57 Å². The number of ketones is 1. The highest BCUT2D eigenvalue weighted by Gasteiger charge is 2.70. The summed E-state index contributed by atoms with van der Waals surface area (Å²) in [7, 11) is 0. The Labute approximate surface area is 205 Å². The maximum atomic E-state index is 12.8. The third-order valence-electron chi connectivity index (χ3n) is 12.4. The lowest BCUT2D eigenvalue weighted by molar-refractivity contribution is -0.197. The normalized spacial score (nSPS) is 50.8. The maximum Gasteiger partial charge on any atom is 0.312 e. The van der Waals surface area contributed by atoms with Crippen molar-refractivity contribution in [3.8, 4) is 0 Å². The van der Waals surface area contributed by atoms with Crippen LogP contribution in [0, 0.1) is 50.2 Å². The summed E-state index contributed by atoms with van der Waals surface area (Å²) in [6, 6.07) is 0. The molecule has 0 amide bonds. The van der Waals surface area contributed by atoms with E-state index in [1.807, 2.05) is 6.08 Å². The first-order chi connectivity index (χ1) is 15.6. The Morgan fingerprint density at radius 1 is 0.971 bits per heavy atom. The summed E-state index contributed by atoms with van der Waals surface area (Å²) in [4.78, 5) is 25.6. The van der Waals surface area contributed by atoms with Gasteiger partial charge in [0.15, 0.2) is 5.78 Å². The van der Waals surface area contributed by atoms with Gasteiger partial charge in [-0.3, -0.25) is 9.59 Å². The minimum absolute atomic E-state index is 0.0592. The second-order valence-electron chi connectivity index (χ2n) is 14.6. The highest BCUT2D eigenvalue weighted by molar-refractivity contribution is 5.95. The van der Waals surface area contributed by atoms with Crippen LogP contribution in [0.25, 0.3) is 0 Å². The van der Waals surface area contributed by atoms with Gasteiger partial charge in [-0.05, 0) is 90.4 Å². The van der Waals surface area contributed by atoms with E-state index in [4.69, 9.17) is 0 Å². The molecule has 0 aliphatic heterocycles. The smallest absolute Gasteiger partial charge is 0.312 e. The average molecular weight is 469 g/mol. The second-order valence-corrected chi connectivity index (χ2v) is 14.6. The van der Waals surface area contributed by atoms with Crippen molar-refractivity contribution >= 4 is 11.8 Å². The molecule has 0 saturated heterocycles. The number of allylic oxidation sites excluding steroid dienone is 4. The van der Waals surface area contributed by atoms with Crippen molar-refractivity contribution in [1.29, 1.82) is 0 Å². The average Bonchev–Trinajstić information content (AvgIpc) is 2.71. The molecule has 188 valence electrons. The summed E-state index contributed by atoms with van der Waals surface area (Å²) >= 11 is 0. The first kappa shape index (κ1) is 24.3. The summed E-state index contributed by atoms with van der Waals surface area (Å²) in [5.41, 5.74) is -0.453. The third kappa shape index (κ3) is 2.70. The van der Waals surface area contributed by atoms with Crippen molar-refractivity contribution < 1.29 is 19.8 Å². The quantitative estimate of drug-likeness (QED) is 0.450. The Kier molecular flexibility index (Phi) is 4.90. The lowest BCUT2D eigenvalue weighted by Gasteiger charge is -2.70. The van der Waals surface area contributed by atoms with Crippen molar-refractivity contribution in [2.75, 3.05) is 0 Å². The van der Waals surface area contributed by atoms with Crippen LogP contribution in [0.2, 0.25) is 0 Å². The Morgan fingerprint density at radius 3 is 2.29 bits per heavy atom. The summed E-state index contributed by atoms with van der Waals surface area (Å²) < 4.78 is 0. The molecule has 4 nitrogen and oxygen atoms in total. The van der Waals surface area contributed by atoms with Crippen molar-refractivity contribution in [2.45, 2.75) is 99.5 Å². The number of hydrogen-bond donors (Lipinski definition) is 2. The van der Waals surface area contributed by atoms with E-state index in [2.05, 4.69) is 60.6 Å². The second kappa shape index (κ2) is 6.87. The molecule has 0 heterocycles. The number of fused-ring (bicyclic) bond motifs is 7. The molecule has 4 heteroatoms. The Morgan fingerprint density at radius 2 is 1.65 bits per heavy atom. The van der Waals surface area contributed by atoms with Gasteiger partial charge >= 0.3 is 5.97 Å². The van der Waals surface area contributed by atoms with Gasteiger partial charge in [-0.1, -0.05) is 66.2 Å². The minimum Gasteiger partial charge on any atom is -0.481 e. The maximum absolute atomic E-state index is 12.8. The van der Waals surface area contributed by atoms with Crippen LogP contribution in [0.4, 0.5) is 0 Å². The fourth-order valence-corrected chi connectivity index (χ4v) is 10.0. The first-order valence-corrected chi connectivity index (χ1v) is 13.4. The van der Waals surface area contributed by atoms with E-state index in [9.17, 15) is 19.8 Å². The molecule has 5 aliphatic carbocycles. The third-order valence-corrected chi connectivity index (χ3v) is 12.4. The zero-order valence-corrected chi connectivity index (χ0v) is 22.2. The molecule has 3 fully saturated rings. The Hall–Kier alpha value is -1.42. The highest BCUT2D eigenvalue weighted by Crippen LogP contribution is 2.74. The lowest BCUT2D eigenvalue weighted by atomic mass is 9.34. The van der Waals surface area contributed by atoms with Gasteiger partial charge in [0, 0.05) is 5.41 Å². The van der Waals surface area contributed by atoms with Crippen molar-refractivity contribution in [3.05, 3.63) is 23.8 Å². The molecule has 8 atom stereocenters. The number of rotatable bonds is 1. The van der Waals surface area contributed by atoms with Crippen LogP contribution >= 0.6 is 0 Å². The van der Waals surface area contributed by atoms with Gasteiger partial charge < -0.3 is 10.2 Å². The number of hydrogen-bond acceptors (Lipinski definition) is 3. The molecule has 34 heavy (non-hydrogen) atoms. The van der Waals surface area contributed by atoms with Crippen molar-refractivity contribution in [2.24, 2.45) is 50.2 Å². The predicted molar refractivity (Wildman–Crippen MR) is 133 cm³/mol. The Balaban J connectivity index is 1.66. The monoisotopic (exact) mass is 468 g/mol. The number of carboxylic acids is 1. The highest BCUT2D eigenvalue weighted by atomic mass is 16.4.